The van der Waals surface area contributed by atoms with Crippen molar-refractivity contribution in [1.29, 1.82) is 10.5 Å². The van der Waals surface area contributed by atoms with Crippen LogP contribution >= 0.6 is 15.9 Å². The number of rotatable bonds is 4. The fourth-order valence-corrected chi connectivity index (χ4v) is 11.8. The lowest BCUT2D eigenvalue weighted by Gasteiger charge is -2.32. The molecule has 0 bridgehead atoms. The Hall–Kier alpha value is -5.34. The minimum Gasteiger partial charge on any atom is -0.399 e. The number of carbonyl (C=O) groups excluding carboxylic acids is 2. The van der Waals surface area contributed by atoms with Crippen LogP contribution in [0, 0.1) is 36.5 Å². The topological polar surface area (TPSA) is 150 Å². The number of aryl methyl sites for hydroxylation is 2. The summed E-state index contributed by atoms with van der Waals surface area (Å²) in [6.45, 7) is 12.2. The normalized spacial score (nSPS) is 22.5. The maximum Gasteiger partial charge on any atom is 0.497 e. The molecule has 3 heterocycles. The van der Waals surface area contributed by atoms with Gasteiger partial charge in [-0.2, -0.15) is 10.5 Å². The van der Waals surface area contributed by atoms with Crippen LogP contribution in [0.25, 0.3) is 32.9 Å². The van der Waals surface area contributed by atoms with Crippen LogP contribution in [0.1, 0.15) is 148 Å². The summed E-state index contributed by atoms with van der Waals surface area (Å²) in [5.41, 5.74) is 13.1. The van der Waals surface area contributed by atoms with Crippen molar-refractivity contribution in [1.82, 2.24) is 9.13 Å². The van der Waals surface area contributed by atoms with E-state index in [-0.39, 0.29) is 12.2 Å². The van der Waals surface area contributed by atoms with Gasteiger partial charge in [0, 0.05) is 87.5 Å². The van der Waals surface area contributed by atoms with Crippen molar-refractivity contribution in [3.05, 3.63) is 122 Å². The predicted octanol–water partition coefficient (Wildman–Crippen LogP) is 11.1. The molecule has 3 fully saturated rings. The lowest BCUT2D eigenvalue weighted by molar-refractivity contribution is -0.119. The smallest absolute Gasteiger partial charge is 0.399 e. The Labute approximate surface area is 420 Å². The van der Waals surface area contributed by atoms with E-state index in [1.165, 1.54) is 22.3 Å². The fraction of sp³-hybridized carbons (Fsp3) is 0.448. The van der Waals surface area contributed by atoms with Gasteiger partial charge in [-0.15, -0.1) is 0 Å². The molecule has 4 aromatic carbocycles. The summed E-state index contributed by atoms with van der Waals surface area (Å²) in [5.74, 6) is 0.672. The van der Waals surface area contributed by atoms with E-state index in [9.17, 15) is 30.3 Å². The van der Waals surface area contributed by atoms with Gasteiger partial charge in [0.2, 0.25) is 0 Å². The molecule has 0 atom stereocenters. The predicted molar refractivity (Wildman–Crippen MR) is 279 cm³/mol. The van der Waals surface area contributed by atoms with Crippen LogP contribution < -0.4 is 5.46 Å². The Bertz CT molecular complexity index is 3070. The van der Waals surface area contributed by atoms with Gasteiger partial charge in [0.25, 0.3) is 0 Å². The molecule has 12 heteroatoms. The summed E-state index contributed by atoms with van der Waals surface area (Å²) in [6, 6.07) is 25.9. The van der Waals surface area contributed by atoms with Crippen molar-refractivity contribution in [2.75, 3.05) is 0 Å². The first kappa shape index (κ1) is 49.6. The largest absolute Gasteiger partial charge is 0.497 e. The molecule has 6 aromatic rings. The number of aliphatic hydroxyl groups excluding tert-OH is 2. The van der Waals surface area contributed by atoms with E-state index in [2.05, 4.69) is 102 Å². The third-order valence-electron chi connectivity index (χ3n) is 16.1. The Morgan fingerprint density at radius 2 is 1.10 bits per heavy atom. The van der Waals surface area contributed by atoms with E-state index in [1.807, 2.05) is 50.2 Å². The third kappa shape index (κ3) is 9.83. The van der Waals surface area contributed by atoms with Gasteiger partial charge in [-0.3, -0.25) is 9.59 Å². The maximum atomic E-state index is 12.0. The number of hydrogen-bond donors (Lipinski definition) is 2. The Balaban J connectivity index is 0.000000141. The highest BCUT2D eigenvalue weighted by Crippen LogP contribution is 2.42. The number of ketones is 2. The zero-order chi connectivity index (χ0) is 49.6. The first-order chi connectivity index (χ1) is 33.4. The van der Waals surface area contributed by atoms with Crippen LogP contribution in [-0.2, 0) is 44.6 Å². The number of hydrogen-bond acceptors (Lipinski definition) is 8. The van der Waals surface area contributed by atoms with Gasteiger partial charge in [0.1, 0.15) is 11.6 Å². The highest BCUT2D eigenvalue weighted by atomic mass is 79.9. The second-order valence-electron chi connectivity index (χ2n) is 21.3. The average molecular weight is 1000 g/mol. The van der Waals surface area contributed by atoms with Crippen LogP contribution in [-0.4, -0.2) is 61.4 Å². The highest BCUT2D eigenvalue weighted by Gasteiger charge is 2.52. The molecule has 2 N–H and O–H groups in total. The van der Waals surface area contributed by atoms with Crippen LogP contribution in [0.2, 0.25) is 0 Å². The Morgan fingerprint density at radius 1 is 0.629 bits per heavy atom. The molecule has 0 amide bonds. The zero-order valence-electron chi connectivity index (χ0n) is 41.4. The second-order valence-corrected chi connectivity index (χ2v) is 22.2. The molecule has 11 rings (SSSR count). The van der Waals surface area contributed by atoms with Crippen LogP contribution in [0.15, 0.2) is 77.5 Å². The summed E-state index contributed by atoms with van der Waals surface area (Å²) in [6.07, 6.45) is 15.3. The monoisotopic (exact) mass is 1000 g/mol. The van der Waals surface area contributed by atoms with Gasteiger partial charge in [-0.1, -0.05) is 46.3 Å². The molecule has 0 spiro atoms. The van der Waals surface area contributed by atoms with E-state index < -0.39 is 18.3 Å². The number of nitriles is 2. The average Bonchev–Trinajstić information content (AvgIpc) is 3.95. The fourth-order valence-electron chi connectivity index (χ4n) is 11.2. The van der Waals surface area contributed by atoms with Crippen molar-refractivity contribution >= 4 is 61.9 Å². The van der Waals surface area contributed by atoms with Gasteiger partial charge in [-0.25, -0.2) is 0 Å². The number of halogens is 1. The van der Waals surface area contributed by atoms with Crippen molar-refractivity contribution in [2.45, 2.75) is 167 Å². The van der Waals surface area contributed by atoms with E-state index in [4.69, 9.17) is 9.31 Å². The van der Waals surface area contributed by atoms with Gasteiger partial charge in [0.05, 0.1) is 46.7 Å². The van der Waals surface area contributed by atoms with E-state index in [0.717, 1.165) is 118 Å². The molecule has 1 saturated heterocycles. The maximum absolute atomic E-state index is 12.0. The number of benzene rings is 4. The molecule has 2 aromatic heterocycles. The molecular formula is C58H64BBrN4O6. The van der Waals surface area contributed by atoms with Gasteiger partial charge < -0.3 is 28.7 Å². The minimum atomic E-state index is -0.461. The summed E-state index contributed by atoms with van der Waals surface area (Å²) in [7, 11) is -0.461. The van der Waals surface area contributed by atoms with Crippen molar-refractivity contribution in [3.63, 3.8) is 0 Å². The number of nitrogens with zero attached hydrogens (tertiary/aromatic N) is 4. The quantitative estimate of drug-likeness (QED) is 0.166. The summed E-state index contributed by atoms with van der Waals surface area (Å²) in [5, 5.41) is 41.2. The molecule has 362 valence electrons. The molecule has 5 aliphatic rings. The van der Waals surface area contributed by atoms with Crippen LogP contribution in [0.5, 0.6) is 0 Å². The SMILES string of the molecule is Cc1cc2c(cc1C#N)c(-c1cccc3c1CCC(=O)C3)cn2C1CCC(O)CC1.Cc1cc2c(cc1C#N)c(B1OC(C)(C)C(C)(C)O1)cn2C1CCC(O)CC1.O=C1CCc2c(Br)cccc2C1. The molecule has 70 heavy (non-hydrogen) atoms. The number of fused-ring (bicyclic) bond motifs is 4. The number of aromatic nitrogens is 2. The van der Waals surface area contributed by atoms with Gasteiger partial charge in [-0.05, 0) is 175 Å². The molecular weight excluding hydrogens is 939 g/mol. The zero-order valence-corrected chi connectivity index (χ0v) is 43.0. The van der Waals surface area contributed by atoms with Crippen LogP contribution in [0.4, 0.5) is 0 Å². The van der Waals surface area contributed by atoms with Crippen molar-refractivity contribution in [3.8, 4) is 23.3 Å². The molecule has 0 radical (unpaired) electrons. The molecule has 1 aliphatic heterocycles. The number of Topliss-reactive ketones (excluding diaryl/α,β-unsaturated/α-hetero) is 2. The van der Waals surface area contributed by atoms with Crippen molar-refractivity contribution < 1.29 is 29.1 Å². The van der Waals surface area contributed by atoms with Gasteiger partial charge >= 0.3 is 7.12 Å². The Kier molecular flexibility index (Phi) is 14.2. The Morgan fingerprint density at radius 3 is 1.64 bits per heavy atom. The molecule has 0 unspecified atom stereocenters. The molecule has 4 aliphatic carbocycles. The summed E-state index contributed by atoms with van der Waals surface area (Å²) < 4.78 is 18.5. The summed E-state index contributed by atoms with van der Waals surface area (Å²) >= 11 is 3.49. The van der Waals surface area contributed by atoms with Crippen LogP contribution in [0.3, 0.4) is 0 Å². The van der Waals surface area contributed by atoms with E-state index in [1.54, 1.807) is 0 Å². The first-order valence-corrected chi connectivity index (χ1v) is 26.0. The first-order valence-electron chi connectivity index (χ1n) is 25.2. The van der Waals surface area contributed by atoms with E-state index in [0.29, 0.717) is 60.5 Å². The van der Waals surface area contributed by atoms with Gasteiger partial charge in [0.15, 0.2) is 0 Å². The minimum absolute atomic E-state index is 0.187. The second kappa shape index (κ2) is 20.1. The summed E-state index contributed by atoms with van der Waals surface area (Å²) in [4.78, 5) is 23.1. The highest BCUT2D eigenvalue weighted by molar-refractivity contribution is 9.10. The number of carbonyl (C=O) groups is 2. The molecule has 2 saturated carbocycles. The lowest BCUT2D eigenvalue weighted by atomic mass is 9.78. The van der Waals surface area contributed by atoms with E-state index >= 15 is 0 Å². The van der Waals surface area contributed by atoms with Crippen molar-refractivity contribution in [2.24, 2.45) is 0 Å². The third-order valence-corrected chi connectivity index (χ3v) is 16.9. The standard InChI is InChI=1S/C26H26N2O2.C22H29BN2O3.C10H9BrO/c1-16-11-26-24(13-18(16)14-27)25(15-28(26)19-5-7-20(29)8-6-19)23-4-2-3-17-12-21(30)9-10-22(17)23;1-14-10-20-18(11-15(14)12-24)19(23-27-21(2,3)22(4,5)28-23)13-25(20)16-6-8-17(26)9-7-16;11-10-3-1-2-7-6-8(12)4-5-9(7)10/h2-4,11,13,15,19-20,29H,5-10,12H2,1H3;10-11,13,16-17,26H,6-9H2,1-5H3;1-3H,4-6H2. The number of aliphatic hydroxyl groups is 2. The lowest BCUT2D eigenvalue weighted by Crippen LogP contribution is -2.41. The molecule has 10 nitrogen and oxygen atoms in total.